The quantitative estimate of drug-likeness (QED) is 0.773. The molecule has 1 fully saturated rings. The minimum Gasteiger partial charge on any atom is -0.353 e. The number of carbonyl (C=O) groups excluding carboxylic acids is 1. The average molecular weight is 425 g/mol. The molecular weight excluding hydrogens is 400 g/mol. The van der Waals surface area contributed by atoms with Gasteiger partial charge in [0.1, 0.15) is 0 Å². The SMILES string of the molecule is CN(C)S(=O)(=O)c1ccc(Cl)c(NC(=O)CN2CCC[C@@H]2c2cccn2C)c1. The number of halogens is 1. The molecule has 0 aliphatic carbocycles. The first kappa shape index (κ1) is 20.9. The number of hydrogen-bond acceptors (Lipinski definition) is 4. The van der Waals surface area contributed by atoms with Crippen LogP contribution in [0.4, 0.5) is 5.69 Å². The van der Waals surface area contributed by atoms with Gasteiger partial charge in [0.05, 0.1) is 28.2 Å². The van der Waals surface area contributed by atoms with Crippen molar-refractivity contribution in [1.29, 1.82) is 0 Å². The zero-order valence-corrected chi connectivity index (χ0v) is 17.8. The smallest absolute Gasteiger partial charge is 0.242 e. The molecule has 1 aromatic heterocycles. The first-order chi connectivity index (χ1) is 13.2. The van der Waals surface area contributed by atoms with Crippen molar-refractivity contribution in [2.45, 2.75) is 23.8 Å². The molecule has 0 saturated carbocycles. The van der Waals surface area contributed by atoms with E-state index in [-0.39, 0.29) is 23.4 Å². The van der Waals surface area contributed by atoms with Crippen molar-refractivity contribution in [1.82, 2.24) is 13.8 Å². The summed E-state index contributed by atoms with van der Waals surface area (Å²) in [6, 6.07) is 8.58. The van der Waals surface area contributed by atoms with Crippen molar-refractivity contribution >= 4 is 33.2 Å². The summed E-state index contributed by atoms with van der Waals surface area (Å²) in [5.41, 5.74) is 1.48. The molecule has 152 valence electrons. The van der Waals surface area contributed by atoms with Crippen molar-refractivity contribution in [3.8, 4) is 0 Å². The summed E-state index contributed by atoms with van der Waals surface area (Å²) in [7, 11) is 1.31. The first-order valence-electron chi connectivity index (χ1n) is 9.07. The normalized spacial score (nSPS) is 18.0. The number of aromatic nitrogens is 1. The number of amides is 1. The third kappa shape index (κ3) is 4.25. The van der Waals surface area contributed by atoms with Crippen molar-refractivity contribution in [2.24, 2.45) is 7.05 Å². The maximum absolute atomic E-state index is 12.6. The maximum atomic E-state index is 12.6. The summed E-state index contributed by atoms with van der Waals surface area (Å²) in [6.45, 7) is 1.06. The second-order valence-electron chi connectivity index (χ2n) is 7.15. The Labute approximate surface area is 170 Å². The van der Waals surface area contributed by atoms with Gasteiger partial charge in [0, 0.05) is 33.0 Å². The molecular formula is C19H25ClN4O3S. The van der Waals surface area contributed by atoms with E-state index in [1.807, 2.05) is 19.3 Å². The molecule has 1 atom stereocenters. The average Bonchev–Trinajstić information content (AvgIpc) is 3.24. The highest BCUT2D eigenvalue weighted by Crippen LogP contribution is 2.32. The lowest BCUT2D eigenvalue weighted by atomic mass is 10.1. The zero-order valence-electron chi connectivity index (χ0n) is 16.2. The Morgan fingerprint density at radius 2 is 2.07 bits per heavy atom. The summed E-state index contributed by atoms with van der Waals surface area (Å²) in [5, 5.41) is 3.06. The van der Waals surface area contributed by atoms with Crippen molar-refractivity contribution in [3.63, 3.8) is 0 Å². The number of aryl methyl sites for hydroxylation is 1. The fraction of sp³-hybridized carbons (Fsp3) is 0.421. The highest BCUT2D eigenvalue weighted by atomic mass is 35.5. The van der Waals surface area contributed by atoms with Crippen LogP contribution in [0.5, 0.6) is 0 Å². The predicted octanol–water partition coefficient (Wildman–Crippen LogP) is 2.70. The number of sulfonamides is 1. The lowest BCUT2D eigenvalue weighted by molar-refractivity contribution is -0.117. The van der Waals surface area contributed by atoms with Crippen LogP contribution < -0.4 is 5.32 Å². The molecule has 1 aliphatic rings. The molecule has 1 saturated heterocycles. The van der Waals surface area contributed by atoms with E-state index in [0.29, 0.717) is 10.7 Å². The van der Waals surface area contributed by atoms with Crippen LogP contribution in [0.3, 0.4) is 0 Å². The van der Waals surface area contributed by atoms with Crippen molar-refractivity contribution in [2.75, 3.05) is 32.5 Å². The number of benzene rings is 1. The first-order valence-corrected chi connectivity index (χ1v) is 10.9. The van der Waals surface area contributed by atoms with Gasteiger partial charge in [-0.2, -0.15) is 0 Å². The molecule has 0 radical (unpaired) electrons. The van der Waals surface area contributed by atoms with Crippen molar-refractivity contribution < 1.29 is 13.2 Å². The molecule has 1 aliphatic heterocycles. The number of carbonyl (C=O) groups is 1. The molecule has 3 rings (SSSR count). The molecule has 7 nitrogen and oxygen atoms in total. The highest BCUT2D eigenvalue weighted by Gasteiger charge is 2.29. The number of likely N-dealkylation sites (tertiary alicyclic amines) is 1. The van der Waals surface area contributed by atoms with E-state index < -0.39 is 10.0 Å². The molecule has 2 aromatic rings. The minimum absolute atomic E-state index is 0.0834. The fourth-order valence-electron chi connectivity index (χ4n) is 3.52. The molecule has 9 heteroatoms. The Balaban J connectivity index is 1.74. The third-order valence-corrected chi connectivity index (χ3v) is 7.17. The molecule has 28 heavy (non-hydrogen) atoms. The monoisotopic (exact) mass is 424 g/mol. The van der Waals surface area contributed by atoms with Crippen LogP contribution >= 0.6 is 11.6 Å². The van der Waals surface area contributed by atoms with Gasteiger partial charge >= 0.3 is 0 Å². The number of nitrogens with zero attached hydrogens (tertiary/aromatic N) is 3. The van der Waals surface area contributed by atoms with Gasteiger partial charge in [0.2, 0.25) is 15.9 Å². The number of hydrogen-bond donors (Lipinski definition) is 1. The van der Waals surface area contributed by atoms with Gasteiger partial charge in [0.25, 0.3) is 0 Å². The van der Waals surface area contributed by atoms with Crippen LogP contribution in [0, 0.1) is 0 Å². The molecule has 1 N–H and O–H groups in total. The van der Waals surface area contributed by atoms with E-state index >= 15 is 0 Å². The van der Waals surface area contributed by atoms with Crippen LogP contribution in [0.1, 0.15) is 24.6 Å². The second-order valence-corrected chi connectivity index (χ2v) is 9.71. The number of rotatable bonds is 6. The van der Waals surface area contributed by atoms with E-state index in [1.54, 1.807) is 0 Å². The van der Waals surface area contributed by atoms with Crippen molar-refractivity contribution in [3.05, 3.63) is 47.2 Å². The van der Waals surface area contributed by atoms with E-state index in [0.717, 1.165) is 23.7 Å². The number of anilines is 1. The fourth-order valence-corrected chi connectivity index (χ4v) is 4.61. The third-order valence-electron chi connectivity index (χ3n) is 5.03. The highest BCUT2D eigenvalue weighted by molar-refractivity contribution is 7.89. The Kier molecular flexibility index (Phi) is 6.14. The molecule has 0 spiro atoms. The lowest BCUT2D eigenvalue weighted by Crippen LogP contribution is -2.33. The van der Waals surface area contributed by atoms with Gasteiger partial charge in [-0.05, 0) is 49.7 Å². The largest absolute Gasteiger partial charge is 0.353 e. The van der Waals surface area contributed by atoms with Crippen LogP contribution in [0.2, 0.25) is 5.02 Å². The van der Waals surface area contributed by atoms with E-state index in [4.69, 9.17) is 11.6 Å². The predicted molar refractivity (Wildman–Crippen MR) is 110 cm³/mol. The van der Waals surface area contributed by atoms with Gasteiger partial charge in [-0.15, -0.1) is 0 Å². The number of nitrogens with one attached hydrogen (secondary N) is 1. The Morgan fingerprint density at radius 3 is 2.71 bits per heavy atom. The Morgan fingerprint density at radius 1 is 1.32 bits per heavy atom. The van der Waals surface area contributed by atoms with E-state index in [1.165, 1.54) is 38.0 Å². The molecule has 2 heterocycles. The van der Waals surface area contributed by atoms with E-state index in [9.17, 15) is 13.2 Å². The van der Waals surface area contributed by atoms with Gasteiger partial charge in [-0.3, -0.25) is 9.69 Å². The standard InChI is InChI=1S/C19H25ClN4O3S/c1-22(2)28(26,27)14-8-9-15(20)16(12-14)21-19(25)13-24-11-5-7-18(24)17-6-4-10-23(17)3/h4,6,8-10,12,18H,5,7,11,13H2,1-3H3,(H,21,25)/t18-/m1/s1. The summed E-state index contributed by atoms with van der Waals surface area (Å²) < 4.78 is 27.8. The van der Waals surface area contributed by atoms with E-state index in [2.05, 4.69) is 20.9 Å². The lowest BCUT2D eigenvalue weighted by Gasteiger charge is -2.24. The minimum atomic E-state index is -3.61. The van der Waals surface area contributed by atoms with Gasteiger partial charge < -0.3 is 9.88 Å². The summed E-state index contributed by atoms with van der Waals surface area (Å²) >= 11 is 6.18. The van der Waals surface area contributed by atoms with Crippen LogP contribution in [-0.2, 0) is 21.9 Å². The zero-order chi connectivity index (χ0) is 20.5. The Hall–Kier alpha value is -1.87. The van der Waals surface area contributed by atoms with Gasteiger partial charge in [-0.1, -0.05) is 11.6 Å². The molecule has 0 unspecified atom stereocenters. The van der Waals surface area contributed by atoms with Gasteiger partial charge in [-0.25, -0.2) is 12.7 Å². The molecule has 1 aromatic carbocycles. The summed E-state index contributed by atoms with van der Waals surface area (Å²) in [6.07, 6.45) is 4.03. The van der Waals surface area contributed by atoms with Crippen LogP contribution in [-0.4, -0.2) is 55.3 Å². The van der Waals surface area contributed by atoms with Crippen LogP contribution in [0.15, 0.2) is 41.4 Å². The summed E-state index contributed by atoms with van der Waals surface area (Å²) in [4.78, 5) is 14.9. The Bertz CT molecular complexity index is 971. The van der Waals surface area contributed by atoms with Gasteiger partial charge in [0.15, 0.2) is 0 Å². The molecule has 0 bridgehead atoms. The second kappa shape index (κ2) is 8.24. The summed E-state index contributed by atoms with van der Waals surface area (Å²) in [5.74, 6) is -0.220. The molecule has 1 amide bonds. The maximum Gasteiger partial charge on any atom is 0.242 e. The topological polar surface area (TPSA) is 74.7 Å². The van der Waals surface area contributed by atoms with Crippen LogP contribution in [0.25, 0.3) is 0 Å².